The van der Waals surface area contributed by atoms with E-state index in [1.807, 2.05) is 35.5 Å². The zero-order valence-electron chi connectivity index (χ0n) is 14.6. The Kier molecular flexibility index (Phi) is 3.60. The van der Waals surface area contributed by atoms with Crippen LogP contribution in [0.25, 0.3) is 10.9 Å². The lowest BCUT2D eigenvalue weighted by atomic mass is 9.83. The average molecular weight is 350 g/mol. The van der Waals surface area contributed by atoms with Gasteiger partial charge in [-0.3, -0.25) is 9.89 Å². The molecule has 0 radical (unpaired) electrons. The summed E-state index contributed by atoms with van der Waals surface area (Å²) in [5.41, 5.74) is 4.23. The van der Waals surface area contributed by atoms with Crippen molar-refractivity contribution in [3.8, 4) is 0 Å². The van der Waals surface area contributed by atoms with Gasteiger partial charge in [-0.1, -0.05) is 18.2 Å². The number of amides is 1. The smallest absolute Gasteiger partial charge is 0.227 e. The molecule has 0 unspecified atom stereocenters. The summed E-state index contributed by atoms with van der Waals surface area (Å²) in [6, 6.07) is 8.12. The van der Waals surface area contributed by atoms with E-state index in [9.17, 15) is 4.79 Å². The highest BCUT2D eigenvalue weighted by Crippen LogP contribution is 2.40. The number of aromatic nitrogens is 3. The Balaban J connectivity index is 1.30. The first-order valence-corrected chi connectivity index (χ1v) is 9.25. The van der Waals surface area contributed by atoms with Crippen LogP contribution >= 0.6 is 0 Å². The van der Waals surface area contributed by atoms with Gasteiger partial charge in [-0.2, -0.15) is 5.10 Å². The minimum absolute atomic E-state index is 0.185. The molecule has 2 aliphatic heterocycles. The van der Waals surface area contributed by atoms with Gasteiger partial charge in [0, 0.05) is 30.2 Å². The molecule has 26 heavy (non-hydrogen) atoms. The topological polar surface area (TPSA) is 74.0 Å². The van der Waals surface area contributed by atoms with Gasteiger partial charge in [0.15, 0.2) is 0 Å². The number of hydrogen-bond acceptors (Lipinski definition) is 3. The fraction of sp³-hybridized carbons (Fsp3) is 0.400. The number of nitrogens with zero attached hydrogens (tertiary/aromatic N) is 2. The van der Waals surface area contributed by atoms with E-state index >= 15 is 0 Å². The van der Waals surface area contributed by atoms with Crippen molar-refractivity contribution in [3.63, 3.8) is 0 Å². The lowest BCUT2D eigenvalue weighted by molar-refractivity contribution is -0.140. The summed E-state index contributed by atoms with van der Waals surface area (Å²) in [5, 5.41) is 8.47. The molecule has 0 atom stereocenters. The number of hydrogen-bond donors (Lipinski definition) is 2. The standard InChI is InChI=1S/C20H22N4O2/c25-18(11-15-12-21-17-4-2-1-3-16(15)17)24-8-6-20(7-9-24)19-14(5-10-26-20)13-22-23-19/h1-4,12-13,21H,5-11H2,(H,22,23). The second kappa shape index (κ2) is 5.99. The summed E-state index contributed by atoms with van der Waals surface area (Å²) < 4.78 is 6.17. The maximum atomic E-state index is 12.8. The number of aromatic amines is 2. The molecule has 2 aromatic heterocycles. The number of ether oxygens (including phenoxy) is 1. The summed E-state index contributed by atoms with van der Waals surface area (Å²) in [7, 11) is 0. The monoisotopic (exact) mass is 350 g/mol. The Morgan fingerprint density at radius 3 is 3.00 bits per heavy atom. The molecule has 1 amide bonds. The normalized spacial score (nSPS) is 19.0. The molecule has 4 heterocycles. The third-order valence-corrected chi connectivity index (χ3v) is 5.86. The van der Waals surface area contributed by atoms with Gasteiger partial charge in [0.05, 0.1) is 24.9 Å². The third-order valence-electron chi connectivity index (χ3n) is 5.86. The number of para-hydroxylation sites is 1. The number of fused-ring (bicyclic) bond motifs is 3. The van der Waals surface area contributed by atoms with E-state index in [1.54, 1.807) is 0 Å². The average Bonchev–Trinajstić information content (AvgIpc) is 3.31. The van der Waals surface area contributed by atoms with Crippen LogP contribution in [0.4, 0.5) is 0 Å². The van der Waals surface area contributed by atoms with Crippen LogP contribution in [0.3, 0.4) is 0 Å². The number of carbonyl (C=O) groups excluding carboxylic acids is 1. The van der Waals surface area contributed by atoms with Crippen molar-refractivity contribution in [3.05, 3.63) is 53.5 Å². The summed E-state index contributed by atoms with van der Waals surface area (Å²) in [5.74, 6) is 0.185. The lowest BCUT2D eigenvalue weighted by Crippen LogP contribution is -2.48. The van der Waals surface area contributed by atoms with Crippen LogP contribution in [0.5, 0.6) is 0 Å². The molecule has 2 N–H and O–H groups in total. The third kappa shape index (κ3) is 2.44. The molecular formula is C20H22N4O2. The number of carbonyl (C=O) groups is 1. The minimum Gasteiger partial charge on any atom is -0.368 e. The van der Waals surface area contributed by atoms with Gasteiger partial charge < -0.3 is 14.6 Å². The largest absolute Gasteiger partial charge is 0.368 e. The zero-order valence-corrected chi connectivity index (χ0v) is 14.6. The van der Waals surface area contributed by atoms with E-state index in [-0.39, 0.29) is 11.5 Å². The van der Waals surface area contributed by atoms with E-state index in [1.165, 1.54) is 5.56 Å². The van der Waals surface area contributed by atoms with Crippen molar-refractivity contribution in [2.24, 2.45) is 0 Å². The molecule has 0 bridgehead atoms. The summed E-state index contributed by atoms with van der Waals surface area (Å²) in [4.78, 5) is 18.0. The number of piperidine rings is 1. The maximum absolute atomic E-state index is 12.8. The first-order valence-electron chi connectivity index (χ1n) is 9.25. The molecule has 6 heteroatoms. The van der Waals surface area contributed by atoms with E-state index < -0.39 is 0 Å². The van der Waals surface area contributed by atoms with Crippen molar-refractivity contribution in [2.45, 2.75) is 31.3 Å². The molecule has 0 saturated carbocycles. The Morgan fingerprint density at radius 2 is 2.12 bits per heavy atom. The van der Waals surface area contributed by atoms with Crippen molar-refractivity contribution >= 4 is 16.8 Å². The number of nitrogens with one attached hydrogen (secondary N) is 2. The number of rotatable bonds is 2. The van der Waals surface area contributed by atoms with Crippen molar-refractivity contribution in [1.29, 1.82) is 0 Å². The number of benzene rings is 1. The van der Waals surface area contributed by atoms with Crippen LogP contribution in [-0.4, -0.2) is 45.7 Å². The molecule has 134 valence electrons. The molecule has 1 aromatic carbocycles. The molecule has 1 saturated heterocycles. The molecule has 0 aliphatic carbocycles. The molecule has 5 rings (SSSR count). The highest BCUT2D eigenvalue weighted by atomic mass is 16.5. The molecule has 2 aliphatic rings. The predicted octanol–water partition coefficient (Wildman–Crippen LogP) is 2.52. The van der Waals surface area contributed by atoms with Crippen LogP contribution in [0.2, 0.25) is 0 Å². The highest BCUT2D eigenvalue weighted by molar-refractivity contribution is 5.88. The van der Waals surface area contributed by atoms with Gasteiger partial charge in [0.25, 0.3) is 0 Å². The Hall–Kier alpha value is -2.60. The first-order chi connectivity index (χ1) is 12.8. The van der Waals surface area contributed by atoms with Gasteiger partial charge in [-0.15, -0.1) is 0 Å². The van der Waals surface area contributed by atoms with E-state index in [4.69, 9.17) is 4.74 Å². The van der Waals surface area contributed by atoms with Crippen molar-refractivity contribution in [1.82, 2.24) is 20.1 Å². The van der Waals surface area contributed by atoms with Gasteiger partial charge in [0.2, 0.25) is 5.91 Å². The van der Waals surface area contributed by atoms with Gasteiger partial charge in [0.1, 0.15) is 5.60 Å². The Bertz CT molecular complexity index is 950. The lowest BCUT2D eigenvalue weighted by Gasteiger charge is -2.43. The molecule has 6 nitrogen and oxygen atoms in total. The van der Waals surface area contributed by atoms with Gasteiger partial charge >= 0.3 is 0 Å². The summed E-state index contributed by atoms with van der Waals surface area (Å²) in [6.45, 7) is 2.18. The summed E-state index contributed by atoms with van der Waals surface area (Å²) in [6.07, 6.45) is 6.86. The maximum Gasteiger partial charge on any atom is 0.227 e. The number of H-pyrrole nitrogens is 2. The minimum atomic E-state index is -0.290. The van der Waals surface area contributed by atoms with Gasteiger partial charge in [-0.05, 0) is 36.5 Å². The Labute approximate surface area is 151 Å². The molecule has 3 aromatic rings. The van der Waals surface area contributed by atoms with Crippen LogP contribution in [0.1, 0.15) is 29.7 Å². The van der Waals surface area contributed by atoms with Crippen LogP contribution in [-0.2, 0) is 28.0 Å². The van der Waals surface area contributed by atoms with E-state index in [0.717, 1.165) is 61.1 Å². The van der Waals surface area contributed by atoms with Crippen molar-refractivity contribution in [2.75, 3.05) is 19.7 Å². The Morgan fingerprint density at radius 1 is 1.27 bits per heavy atom. The number of likely N-dealkylation sites (tertiary alicyclic amines) is 1. The van der Waals surface area contributed by atoms with Gasteiger partial charge in [-0.25, -0.2) is 0 Å². The van der Waals surface area contributed by atoms with Crippen molar-refractivity contribution < 1.29 is 9.53 Å². The van der Waals surface area contributed by atoms with Crippen LogP contribution in [0.15, 0.2) is 36.7 Å². The fourth-order valence-corrected chi connectivity index (χ4v) is 4.39. The SMILES string of the molecule is O=C(Cc1c[nH]c2ccccc12)N1CCC2(CC1)OCCc1cn[nH]c12. The molecular weight excluding hydrogens is 328 g/mol. The van der Waals surface area contributed by atoms with Crippen LogP contribution < -0.4 is 0 Å². The van der Waals surface area contributed by atoms with E-state index in [2.05, 4.69) is 21.2 Å². The van der Waals surface area contributed by atoms with Crippen LogP contribution in [0, 0.1) is 0 Å². The van der Waals surface area contributed by atoms with E-state index in [0.29, 0.717) is 6.42 Å². The first kappa shape index (κ1) is 15.6. The molecule has 1 spiro atoms. The quantitative estimate of drug-likeness (QED) is 0.746. The second-order valence-electron chi connectivity index (χ2n) is 7.28. The summed E-state index contributed by atoms with van der Waals surface area (Å²) >= 11 is 0. The predicted molar refractivity (Wildman–Crippen MR) is 97.7 cm³/mol. The molecule has 1 fully saturated rings. The highest BCUT2D eigenvalue weighted by Gasteiger charge is 2.43. The fourth-order valence-electron chi connectivity index (χ4n) is 4.39. The zero-order chi connectivity index (χ0) is 17.6. The second-order valence-corrected chi connectivity index (χ2v) is 7.28.